The van der Waals surface area contributed by atoms with E-state index >= 15 is 0 Å². The van der Waals surface area contributed by atoms with Gasteiger partial charge in [-0.25, -0.2) is 37.7 Å². The Kier molecular flexibility index (Phi) is 31.2. The summed E-state index contributed by atoms with van der Waals surface area (Å²) in [4.78, 5) is 126. The van der Waals surface area contributed by atoms with Gasteiger partial charge in [-0.15, -0.1) is 0 Å². The highest BCUT2D eigenvalue weighted by molar-refractivity contribution is 6.30. The van der Waals surface area contributed by atoms with Crippen molar-refractivity contribution in [2.24, 2.45) is 0 Å². The Morgan fingerprint density at radius 1 is 0.484 bits per heavy atom. The molecule has 3 saturated heterocycles. The van der Waals surface area contributed by atoms with Crippen molar-refractivity contribution < 1.29 is 60.8 Å². The molecule has 682 valence electrons. The molecule has 8 N–H and O–H groups in total. The summed E-state index contributed by atoms with van der Waals surface area (Å²) in [5.41, 5.74) is 6.30. The number of anilines is 8. The summed E-state index contributed by atoms with van der Waals surface area (Å²) >= 11 is 6.15. The van der Waals surface area contributed by atoms with Crippen LogP contribution < -0.4 is 64.1 Å². The number of fused-ring (bicyclic) bond motifs is 3. The number of hydrogen-bond donors (Lipinski definition) is 7. The predicted molar refractivity (Wildman–Crippen MR) is 472 cm³/mol. The third-order valence-electron chi connectivity index (χ3n) is 23.4. The second-order valence-electron chi connectivity index (χ2n) is 33.9. The molecule has 3 aliphatic heterocycles. The lowest BCUT2D eigenvalue weighted by Crippen LogP contribution is -2.51. The lowest BCUT2D eigenvalue weighted by Gasteiger charge is -2.35. The number of halogens is 4. The molecular formula is C85H116ClF3N24O13. The van der Waals surface area contributed by atoms with Crippen LogP contribution in [0.3, 0.4) is 0 Å². The van der Waals surface area contributed by atoms with Gasteiger partial charge in [0, 0.05) is 156 Å². The molecule has 9 aromatic rings. The number of ether oxygens (including phenoxy) is 5. The highest BCUT2D eigenvalue weighted by Gasteiger charge is 2.38. The van der Waals surface area contributed by atoms with E-state index in [9.17, 15) is 51.5 Å². The predicted octanol–water partition coefficient (Wildman–Crippen LogP) is 9.41. The molecule has 41 heteroatoms. The molecule has 0 radical (unpaired) electrons. The van der Waals surface area contributed by atoms with E-state index in [0.717, 1.165) is 116 Å². The van der Waals surface area contributed by atoms with Gasteiger partial charge in [-0.05, 0) is 155 Å². The lowest BCUT2D eigenvalue weighted by molar-refractivity contribution is 0.00731. The summed E-state index contributed by atoms with van der Waals surface area (Å²) in [6, 6.07) is 15.2. The second kappa shape index (κ2) is 41.9. The molecule has 5 amide bonds. The first-order valence-electron chi connectivity index (χ1n) is 42.6. The number of alkyl halides is 3. The third-order valence-corrected chi connectivity index (χ3v) is 23.6. The van der Waals surface area contributed by atoms with E-state index in [1.165, 1.54) is 57.6 Å². The maximum absolute atomic E-state index is 13.6. The second-order valence-corrected chi connectivity index (χ2v) is 34.3. The van der Waals surface area contributed by atoms with Crippen LogP contribution in [-0.2, 0) is 23.7 Å². The minimum absolute atomic E-state index is 0.0104. The molecule has 37 nitrogen and oxygen atoms in total. The minimum atomic E-state index is -0.745. The Balaban J connectivity index is 0.000000160. The summed E-state index contributed by atoms with van der Waals surface area (Å²) < 4.78 is 74.2. The summed E-state index contributed by atoms with van der Waals surface area (Å²) in [5, 5.41) is 31.3. The molecule has 6 fully saturated rings. The molecule has 6 aliphatic rings. The maximum Gasteiger partial charge on any atom is 0.415 e. The van der Waals surface area contributed by atoms with Crippen molar-refractivity contribution >= 4 is 105 Å². The molecule has 3 saturated carbocycles. The van der Waals surface area contributed by atoms with Crippen LogP contribution in [0.1, 0.15) is 168 Å². The zero-order valence-electron chi connectivity index (χ0n) is 73.3. The first-order chi connectivity index (χ1) is 60.3. The fourth-order valence-corrected chi connectivity index (χ4v) is 16.1. The van der Waals surface area contributed by atoms with Gasteiger partial charge in [0.25, 0.3) is 34.4 Å². The standard InChI is InChI=1S/C30H41FN8O5.C25H33FN8O3.C18H24ClN5O4.C12H18FN3O/c1-30(2,3)44-29(42)36(4)25-17-24(35-26-20(18-32-39(25)26)27(40)34-21-8-9-23(21)43-5)33-22-7-6-13-38(28(22)41)19-10-14-37(15-11-19)16-12-31;1-27-22-14-21(31-23-17(15-28-34(22)23)24(35)30-18-5-6-20(18)37-2)29-19-4-3-10-33(25(19)36)16-7-11-32(12-8-16)13-9-26;1-18(2,3)28-17(26)23(4)14-8-13(19)22-15-10(9-20-24(14)15)16(25)21-11-6-7-12(11)27-5;13-5-9-15-7-3-10(4-8-15)16-6-1-2-11(14)12(16)17/h6-7,13,17-19,21,23H,8-12,14-16H2,1-5H3,(H,33,35)(H,34,40);3-4,10,14-16,18,20,27H,5-9,11-13H2,1-2H3,(H,29,31)(H,30,35);8-9,11-12H,6-7H2,1-5H3,(H,21,25);1-2,6,10H,3-5,7-9,14H2/t21-,23-;18?,20-;11-,12-;/m111./s1. The van der Waals surface area contributed by atoms with Crippen molar-refractivity contribution in [3.8, 4) is 0 Å². The molecule has 0 spiro atoms. The van der Waals surface area contributed by atoms with Gasteiger partial charge in [0.2, 0.25) is 0 Å². The number of carbonyl (C=O) groups is 5. The van der Waals surface area contributed by atoms with Gasteiger partial charge in [0.05, 0.1) is 60.7 Å². The number of pyridine rings is 3. The average molecular weight is 1770 g/mol. The Morgan fingerprint density at radius 3 is 1.17 bits per heavy atom. The van der Waals surface area contributed by atoms with Crippen LogP contribution in [0, 0.1) is 0 Å². The van der Waals surface area contributed by atoms with E-state index < -0.39 is 23.4 Å². The zero-order chi connectivity index (χ0) is 90.4. The number of nitrogens with two attached hydrogens (primary N) is 1. The number of rotatable bonds is 25. The van der Waals surface area contributed by atoms with Crippen LogP contribution >= 0.6 is 11.6 Å². The van der Waals surface area contributed by atoms with E-state index in [4.69, 9.17) is 41.0 Å². The van der Waals surface area contributed by atoms with E-state index in [1.54, 1.807) is 149 Å². The van der Waals surface area contributed by atoms with Crippen molar-refractivity contribution in [3.63, 3.8) is 0 Å². The number of carbonyl (C=O) groups excluding carboxylic acids is 5. The summed E-state index contributed by atoms with van der Waals surface area (Å²) in [5.74, 6) is 0.922. The monoisotopic (exact) mass is 1770 g/mol. The van der Waals surface area contributed by atoms with E-state index in [2.05, 4.69) is 76.8 Å². The highest BCUT2D eigenvalue weighted by Crippen LogP contribution is 2.33. The van der Waals surface area contributed by atoms with E-state index in [0.29, 0.717) is 59.7 Å². The molecule has 3 aliphatic carbocycles. The third kappa shape index (κ3) is 22.6. The van der Waals surface area contributed by atoms with Crippen molar-refractivity contribution in [2.45, 2.75) is 184 Å². The Labute approximate surface area is 732 Å². The van der Waals surface area contributed by atoms with Crippen LogP contribution in [0.25, 0.3) is 16.9 Å². The number of nitrogens with one attached hydrogen (secondary N) is 6. The molecule has 12 heterocycles. The van der Waals surface area contributed by atoms with Gasteiger partial charge in [-0.3, -0.25) is 38.6 Å². The van der Waals surface area contributed by atoms with Crippen molar-refractivity contribution in [2.75, 3.05) is 153 Å². The van der Waals surface area contributed by atoms with Gasteiger partial charge in [-0.1, -0.05) is 11.6 Å². The number of nitrogens with zero attached hydrogens (tertiary/aromatic N) is 17. The fourth-order valence-electron chi connectivity index (χ4n) is 15.9. The molecule has 15 rings (SSSR count). The van der Waals surface area contributed by atoms with E-state index in [1.807, 2.05) is 6.07 Å². The first kappa shape index (κ1) is 93.8. The zero-order valence-corrected chi connectivity index (χ0v) is 74.1. The molecule has 1 unspecified atom stereocenters. The number of methoxy groups -OCH3 is 3. The summed E-state index contributed by atoms with van der Waals surface area (Å²) in [6.45, 7) is 15.6. The molecule has 0 bridgehead atoms. The van der Waals surface area contributed by atoms with Crippen molar-refractivity contribution in [1.29, 1.82) is 0 Å². The highest BCUT2D eigenvalue weighted by atomic mass is 35.5. The van der Waals surface area contributed by atoms with Crippen LogP contribution in [0.15, 0.2) is 106 Å². The topological polar surface area (TPSA) is 402 Å². The Bertz CT molecular complexity index is 5470. The van der Waals surface area contributed by atoms with Crippen molar-refractivity contribution in [3.05, 3.63) is 145 Å². The SMILES string of the molecule is CNc1cc(Nc2cccn(C3CCN(CCF)CC3)c2=O)nc2c(C(=O)NC3CC[C@H]3OC)cnn12.CO[C@@H]1CC[C@H]1NC(=O)c1cnn2c(N(C)C(=O)OC(C)(C)C)cc(Cl)nc12.CO[C@@H]1CC[C@H]1NC(=O)c1cnn2c(N(C)C(=O)OC(C)(C)C)cc(Nc3cccn(C4CCN(CCF)CC4)c3=O)nc12.Nc1cccn(C2CCN(CCF)CC2)c1=O. The van der Waals surface area contributed by atoms with Gasteiger partial charge in [-0.2, -0.15) is 28.8 Å². The maximum atomic E-state index is 13.6. The number of aromatic nitrogens is 12. The van der Waals surface area contributed by atoms with E-state index in [-0.39, 0.29) is 154 Å². The minimum Gasteiger partial charge on any atom is -0.443 e. The van der Waals surface area contributed by atoms with Crippen LogP contribution in [0.5, 0.6) is 0 Å². The quantitative estimate of drug-likeness (QED) is 0.0262. The summed E-state index contributed by atoms with van der Waals surface area (Å²) in [7, 11) is 9.71. The number of piperidine rings is 3. The fraction of sp³-hybridized carbons (Fsp3) is 0.553. The average Bonchev–Trinajstić information content (AvgIpc) is 1.61. The molecular weight excluding hydrogens is 1660 g/mol. The normalized spacial score (nSPS) is 19.6. The van der Waals surface area contributed by atoms with Gasteiger partial charge >= 0.3 is 12.2 Å². The summed E-state index contributed by atoms with van der Waals surface area (Å²) in [6.07, 6.45) is 18.4. The van der Waals surface area contributed by atoms with Gasteiger partial charge < -0.3 is 89.7 Å². The molecule has 9 aromatic heterocycles. The van der Waals surface area contributed by atoms with Crippen molar-refractivity contribution in [1.82, 2.24) is 88.1 Å². The van der Waals surface area contributed by atoms with Crippen LogP contribution in [0.2, 0.25) is 5.15 Å². The van der Waals surface area contributed by atoms with Gasteiger partial charge in [0.15, 0.2) is 16.9 Å². The van der Waals surface area contributed by atoms with Crippen LogP contribution in [-0.4, -0.2) is 271 Å². The number of hydrogen-bond acceptors (Lipinski definition) is 26. The van der Waals surface area contributed by atoms with Crippen LogP contribution in [0.4, 0.5) is 68.9 Å². The Hall–Kier alpha value is -11.3. The number of amides is 5. The molecule has 0 aromatic carbocycles. The smallest absolute Gasteiger partial charge is 0.415 e. The largest absolute Gasteiger partial charge is 0.443 e. The molecule has 6 atom stereocenters. The Morgan fingerprint density at radius 2 is 0.825 bits per heavy atom. The first-order valence-corrected chi connectivity index (χ1v) is 42.9. The number of nitrogen functional groups attached to an aromatic ring is 1. The molecule has 126 heavy (non-hydrogen) atoms. The lowest BCUT2D eigenvalue weighted by atomic mass is 9.89. The van der Waals surface area contributed by atoms with Gasteiger partial charge in [0.1, 0.15) is 93.5 Å². The number of likely N-dealkylation sites (tertiary alicyclic amines) is 3.